The lowest BCUT2D eigenvalue weighted by atomic mass is 10.2. The quantitative estimate of drug-likeness (QED) is 0.529. The van der Waals surface area contributed by atoms with Gasteiger partial charge in [-0.1, -0.05) is 25.1 Å². The molecule has 0 amide bonds. The Bertz CT molecular complexity index is 1040. The zero-order valence-electron chi connectivity index (χ0n) is 13.4. The number of benzene rings is 1. The highest BCUT2D eigenvalue weighted by Crippen LogP contribution is 2.14. The normalized spacial score (nSPS) is 10.9. The topological polar surface area (TPSA) is 87.7 Å². The second kappa shape index (κ2) is 6.16. The lowest BCUT2D eigenvalue weighted by Gasteiger charge is -2.01. The second-order valence-corrected chi connectivity index (χ2v) is 5.31. The monoisotopic (exact) mass is 334 g/mol. The number of rotatable bonds is 4. The molecule has 25 heavy (non-hydrogen) atoms. The summed E-state index contributed by atoms with van der Waals surface area (Å²) in [4.78, 5) is 23.1. The first kappa shape index (κ1) is 15.0. The van der Waals surface area contributed by atoms with Gasteiger partial charge in [-0.15, -0.1) is 5.10 Å². The van der Waals surface area contributed by atoms with Crippen molar-refractivity contribution in [3.8, 4) is 5.69 Å². The van der Waals surface area contributed by atoms with Crippen LogP contribution in [0.4, 0.5) is 0 Å². The first-order valence-electron chi connectivity index (χ1n) is 7.79. The van der Waals surface area contributed by atoms with Crippen LogP contribution in [-0.4, -0.2) is 35.9 Å². The Morgan fingerprint density at radius 2 is 2.00 bits per heavy atom. The molecule has 0 bridgehead atoms. The summed E-state index contributed by atoms with van der Waals surface area (Å²) in [5.74, 6) is -0.559. The number of hydrogen-bond donors (Lipinski definition) is 0. The first-order chi connectivity index (χ1) is 12.3. The molecule has 124 valence electrons. The summed E-state index contributed by atoms with van der Waals surface area (Å²) in [5, 5.41) is 12.2. The van der Waals surface area contributed by atoms with Crippen LogP contribution in [0, 0.1) is 0 Å². The minimum absolute atomic E-state index is 0.379. The van der Waals surface area contributed by atoms with Crippen molar-refractivity contribution in [2.75, 3.05) is 0 Å². The molecule has 8 nitrogen and oxygen atoms in total. The van der Waals surface area contributed by atoms with Crippen molar-refractivity contribution in [2.45, 2.75) is 13.3 Å². The van der Waals surface area contributed by atoms with E-state index in [4.69, 9.17) is 4.84 Å². The third-order valence-electron chi connectivity index (χ3n) is 3.72. The minimum Gasteiger partial charge on any atom is -0.310 e. The van der Waals surface area contributed by atoms with E-state index in [0.717, 1.165) is 10.5 Å². The predicted octanol–water partition coefficient (Wildman–Crippen LogP) is 1.84. The van der Waals surface area contributed by atoms with Gasteiger partial charge in [-0.05, 0) is 40.7 Å². The molecule has 0 saturated carbocycles. The van der Waals surface area contributed by atoms with E-state index in [1.54, 1.807) is 29.2 Å². The van der Waals surface area contributed by atoms with E-state index in [2.05, 4.69) is 20.4 Å². The van der Waals surface area contributed by atoms with Crippen LogP contribution in [0.25, 0.3) is 16.9 Å². The highest BCUT2D eigenvalue weighted by molar-refractivity contribution is 5.91. The van der Waals surface area contributed by atoms with Gasteiger partial charge in [0.05, 0.1) is 11.4 Å². The number of nitrogens with zero attached hydrogens (tertiary/aromatic N) is 6. The lowest BCUT2D eigenvalue weighted by molar-refractivity contribution is 0.0404. The van der Waals surface area contributed by atoms with Crippen molar-refractivity contribution < 1.29 is 9.63 Å². The molecule has 0 N–H and O–H groups in total. The largest absolute Gasteiger partial charge is 0.369 e. The summed E-state index contributed by atoms with van der Waals surface area (Å²) >= 11 is 0. The Morgan fingerprint density at radius 3 is 2.80 bits per heavy atom. The fraction of sp³-hybridized carbons (Fsp3) is 0.118. The van der Waals surface area contributed by atoms with Crippen molar-refractivity contribution in [3.05, 3.63) is 66.1 Å². The molecule has 4 rings (SSSR count). The van der Waals surface area contributed by atoms with Crippen molar-refractivity contribution >= 4 is 17.1 Å². The van der Waals surface area contributed by atoms with Crippen molar-refractivity contribution in [2.24, 2.45) is 0 Å². The highest BCUT2D eigenvalue weighted by atomic mass is 16.7. The number of hydrogen-bond acceptors (Lipinski definition) is 6. The summed E-state index contributed by atoms with van der Waals surface area (Å²) in [7, 11) is 0. The smallest absolute Gasteiger partial charge is 0.310 e. The maximum atomic E-state index is 12.6. The predicted molar refractivity (Wildman–Crippen MR) is 89.2 cm³/mol. The number of fused-ring (bicyclic) bond motifs is 1. The summed E-state index contributed by atoms with van der Waals surface area (Å²) in [6.07, 6.45) is 3.84. The molecule has 0 aliphatic carbocycles. The van der Waals surface area contributed by atoms with Gasteiger partial charge in [-0.25, -0.2) is 14.5 Å². The number of pyridine rings is 1. The average Bonchev–Trinajstić information content (AvgIpc) is 3.27. The number of aromatic nitrogens is 6. The molecule has 0 spiro atoms. The molecular formula is C17H14N6O2. The Kier molecular flexibility index (Phi) is 3.70. The van der Waals surface area contributed by atoms with Crippen molar-refractivity contribution in [1.29, 1.82) is 0 Å². The molecule has 0 atom stereocenters. The van der Waals surface area contributed by atoms with Gasteiger partial charge in [-0.2, -0.15) is 5.10 Å². The minimum atomic E-state index is -0.559. The molecule has 8 heteroatoms. The third-order valence-corrected chi connectivity index (χ3v) is 3.72. The molecule has 0 fully saturated rings. The van der Waals surface area contributed by atoms with Gasteiger partial charge in [0, 0.05) is 12.4 Å². The van der Waals surface area contributed by atoms with E-state index in [0.29, 0.717) is 28.8 Å². The van der Waals surface area contributed by atoms with Gasteiger partial charge in [0.2, 0.25) is 5.65 Å². The summed E-state index contributed by atoms with van der Waals surface area (Å²) in [6, 6.07) is 13.0. The Labute approximate surface area is 142 Å². The molecule has 3 heterocycles. The van der Waals surface area contributed by atoms with Gasteiger partial charge in [0.1, 0.15) is 11.1 Å². The van der Waals surface area contributed by atoms with Gasteiger partial charge in [0.25, 0.3) is 0 Å². The average molecular weight is 334 g/mol. The van der Waals surface area contributed by atoms with E-state index in [1.807, 2.05) is 37.3 Å². The van der Waals surface area contributed by atoms with E-state index in [1.165, 1.54) is 0 Å². The van der Waals surface area contributed by atoms with Crippen molar-refractivity contribution in [1.82, 2.24) is 29.9 Å². The van der Waals surface area contributed by atoms with Gasteiger partial charge in [0.15, 0.2) is 0 Å². The molecule has 0 saturated heterocycles. The molecule has 0 unspecified atom stereocenters. The number of aryl methyl sites for hydroxylation is 1. The molecular weight excluding hydrogens is 320 g/mol. The van der Waals surface area contributed by atoms with Crippen LogP contribution < -0.4 is 4.84 Å². The lowest BCUT2D eigenvalue weighted by Crippen LogP contribution is -2.22. The van der Waals surface area contributed by atoms with Crippen LogP contribution in [0.2, 0.25) is 0 Å². The van der Waals surface area contributed by atoms with Crippen LogP contribution in [0.5, 0.6) is 0 Å². The zero-order valence-corrected chi connectivity index (χ0v) is 13.4. The van der Waals surface area contributed by atoms with Crippen LogP contribution in [0.1, 0.15) is 23.0 Å². The SMILES string of the molecule is CCc1nn(-c2ccccc2)cc1C(=O)On1nnc2cccnc21. The Morgan fingerprint density at radius 1 is 1.16 bits per heavy atom. The van der Waals surface area contributed by atoms with E-state index in [-0.39, 0.29) is 0 Å². The van der Waals surface area contributed by atoms with Crippen LogP contribution in [0.3, 0.4) is 0 Å². The van der Waals surface area contributed by atoms with Gasteiger partial charge in [-0.3, -0.25) is 0 Å². The third kappa shape index (κ3) is 2.74. The number of carbonyl (C=O) groups excluding carboxylic acids is 1. The van der Waals surface area contributed by atoms with Gasteiger partial charge < -0.3 is 4.84 Å². The van der Waals surface area contributed by atoms with E-state index in [9.17, 15) is 4.79 Å². The number of carbonyl (C=O) groups is 1. The second-order valence-electron chi connectivity index (χ2n) is 5.31. The van der Waals surface area contributed by atoms with Crippen LogP contribution >= 0.6 is 0 Å². The molecule has 4 aromatic rings. The summed E-state index contributed by atoms with van der Waals surface area (Å²) in [6.45, 7) is 1.93. The first-order valence-corrected chi connectivity index (χ1v) is 7.79. The molecule has 1 aromatic carbocycles. The standard InChI is InChI=1S/C17H14N6O2/c1-2-14-13(11-22(20-14)12-7-4-3-5-8-12)17(24)25-23-16-15(19-21-23)9-6-10-18-16/h3-11H,2H2,1H3. The maximum Gasteiger partial charge on any atom is 0.369 e. The zero-order chi connectivity index (χ0) is 17.2. The van der Waals surface area contributed by atoms with Crippen LogP contribution in [-0.2, 0) is 6.42 Å². The van der Waals surface area contributed by atoms with E-state index >= 15 is 0 Å². The van der Waals surface area contributed by atoms with Crippen LogP contribution in [0.15, 0.2) is 54.9 Å². The van der Waals surface area contributed by atoms with Crippen molar-refractivity contribution in [3.63, 3.8) is 0 Å². The fourth-order valence-electron chi connectivity index (χ4n) is 2.49. The summed E-state index contributed by atoms with van der Waals surface area (Å²) < 4.78 is 1.66. The molecule has 3 aromatic heterocycles. The highest BCUT2D eigenvalue weighted by Gasteiger charge is 2.20. The molecule has 0 radical (unpaired) electrons. The Hall–Kier alpha value is -3.55. The molecule has 0 aliphatic rings. The molecule has 0 aliphatic heterocycles. The Balaban J connectivity index is 1.67. The van der Waals surface area contributed by atoms with E-state index < -0.39 is 5.97 Å². The van der Waals surface area contributed by atoms with Gasteiger partial charge >= 0.3 is 5.97 Å². The fourth-order valence-corrected chi connectivity index (χ4v) is 2.49. The maximum absolute atomic E-state index is 12.6. The number of para-hydroxylation sites is 1. The summed E-state index contributed by atoms with van der Waals surface area (Å²) in [5.41, 5.74) is 2.82.